The quantitative estimate of drug-likeness (QED) is 0.454. The van der Waals surface area contributed by atoms with Crippen LogP contribution < -0.4 is 14.4 Å². The third-order valence-corrected chi connectivity index (χ3v) is 6.03. The van der Waals surface area contributed by atoms with Crippen LogP contribution in [0.15, 0.2) is 67.0 Å². The van der Waals surface area contributed by atoms with Crippen LogP contribution in [0.25, 0.3) is 22.2 Å². The number of piperazine rings is 1. The van der Waals surface area contributed by atoms with Crippen molar-refractivity contribution >= 4 is 22.8 Å². The van der Waals surface area contributed by atoms with Gasteiger partial charge in [-0.25, -0.2) is 15.0 Å². The van der Waals surface area contributed by atoms with Gasteiger partial charge in [0.05, 0.1) is 31.0 Å². The number of ether oxygens (including phenoxy) is 2. The van der Waals surface area contributed by atoms with Gasteiger partial charge in [0.25, 0.3) is 5.91 Å². The maximum Gasteiger partial charge on any atom is 0.254 e. The summed E-state index contributed by atoms with van der Waals surface area (Å²) in [5.74, 6) is 1.94. The number of benzene rings is 2. The standard InChI is InChI=1S/C26H25N5O3/c1-33-23-9-8-18(16-24(23)34-2)22-17-20(19-6-3-4-7-21(19)29-22)25(32)30-12-14-31(15-13-30)26-27-10-5-11-28-26/h3-11,16-17H,12-15H2,1-2H3. The molecule has 1 saturated heterocycles. The van der Waals surface area contributed by atoms with Gasteiger partial charge in [-0.3, -0.25) is 4.79 Å². The SMILES string of the molecule is COc1ccc(-c2cc(C(=O)N3CCN(c4ncccn4)CC3)c3ccccc3n2)cc1OC. The van der Waals surface area contributed by atoms with E-state index >= 15 is 0 Å². The number of anilines is 1. The number of rotatable bonds is 5. The molecule has 5 rings (SSSR count). The molecule has 1 aliphatic rings. The van der Waals surface area contributed by atoms with Crippen molar-refractivity contribution in [3.05, 3.63) is 72.6 Å². The maximum atomic E-state index is 13.7. The highest BCUT2D eigenvalue weighted by Gasteiger charge is 2.25. The van der Waals surface area contributed by atoms with E-state index in [1.54, 1.807) is 32.7 Å². The summed E-state index contributed by atoms with van der Waals surface area (Å²) in [6.07, 6.45) is 3.47. The Kier molecular flexibility index (Phi) is 5.95. The molecule has 1 fully saturated rings. The van der Waals surface area contributed by atoms with Gasteiger partial charge in [0.2, 0.25) is 5.95 Å². The number of pyridine rings is 1. The van der Waals surface area contributed by atoms with Crippen LogP contribution in [-0.4, -0.2) is 66.2 Å². The maximum absolute atomic E-state index is 13.7. The van der Waals surface area contributed by atoms with E-state index in [1.807, 2.05) is 53.4 Å². The first-order valence-electron chi connectivity index (χ1n) is 11.1. The minimum atomic E-state index is -0.00560. The average molecular weight is 456 g/mol. The highest BCUT2D eigenvalue weighted by molar-refractivity contribution is 6.07. The lowest BCUT2D eigenvalue weighted by Gasteiger charge is -2.34. The van der Waals surface area contributed by atoms with Gasteiger partial charge in [0, 0.05) is 49.5 Å². The minimum absolute atomic E-state index is 0.00560. The Hall–Kier alpha value is -4.20. The van der Waals surface area contributed by atoms with Crippen molar-refractivity contribution in [1.82, 2.24) is 19.9 Å². The van der Waals surface area contributed by atoms with E-state index in [4.69, 9.17) is 14.5 Å². The Labute approximate surface area is 197 Å². The van der Waals surface area contributed by atoms with Crippen molar-refractivity contribution in [3.63, 3.8) is 0 Å². The smallest absolute Gasteiger partial charge is 0.254 e. The molecule has 2 aromatic carbocycles. The van der Waals surface area contributed by atoms with E-state index in [2.05, 4.69) is 14.9 Å². The summed E-state index contributed by atoms with van der Waals surface area (Å²) >= 11 is 0. The zero-order chi connectivity index (χ0) is 23.5. The van der Waals surface area contributed by atoms with Gasteiger partial charge < -0.3 is 19.3 Å². The summed E-state index contributed by atoms with van der Waals surface area (Å²) in [5.41, 5.74) is 2.97. The molecule has 3 heterocycles. The first-order valence-corrected chi connectivity index (χ1v) is 11.1. The molecule has 0 atom stereocenters. The van der Waals surface area contributed by atoms with Gasteiger partial charge in [-0.05, 0) is 36.4 Å². The van der Waals surface area contributed by atoms with Crippen LogP contribution >= 0.6 is 0 Å². The molecule has 8 nitrogen and oxygen atoms in total. The van der Waals surface area contributed by atoms with Crippen molar-refractivity contribution in [3.8, 4) is 22.8 Å². The number of methoxy groups -OCH3 is 2. The molecule has 8 heteroatoms. The van der Waals surface area contributed by atoms with Crippen molar-refractivity contribution in [1.29, 1.82) is 0 Å². The van der Waals surface area contributed by atoms with E-state index in [-0.39, 0.29) is 5.91 Å². The molecule has 0 bridgehead atoms. The van der Waals surface area contributed by atoms with E-state index in [0.717, 1.165) is 16.5 Å². The molecule has 0 spiro atoms. The highest BCUT2D eigenvalue weighted by Crippen LogP contribution is 2.33. The molecule has 2 aromatic heterocycles. The molecule has 0 unspecified atom stereocenters. The van der Waals surface area contributed by atoms with Gasteiger partial charge in [0.15, 0.2) is 11.5 Å². The molecule has 1 aliphatic heterocycles. The lowest BCUT2D eigenvalue weighted by molar-refractivity contribution is 0.0748. The van der Waals surface area contributed by atoms with Crippen LogP contribution in [-0.2, 0) is 0 Å². The minimum Gasteiger partial charge on any atom is -0.493 e. The zero-order valence-corrected chi connectivity index (χ0v) is 19.1. The van der Waals surface area contributed by atoms with Crippen molar-refractivity contribution in [2.45, 2.75) is 0 Å². The zero-order valence-electron chi connectivity index (χ0n) is 19.1. The van der Waals surface area contributed by atoms with Crippen LogP contribution in [0.4, 0.5) is 5.95 Å². The number of para-hydroxylation sites is 1. The van der Waals surface area contributed by atoms with E-state index in [1.165, 1.54) is 0 Å². The normalized spacial score (nSPS) is 13.7. The monoisotopic (exact) mass is 455 g/mol. The van der Waals surface area contributed by atoms with Gasteiger partial charge in [-0.1, -0.05) is 18.2 Å². The van der Waals surface area contributed by atoms with Crippen LogP contribution in [0.3, 0.4) is 0 Å². The lowest BCUT2D eigenvalue weighted by atomic mass is 10.0. The second-order valence-electron chi connectivity index (χ2n) is 7.97. The number of amides is 1. The second kappa shape index (κ2) is 9.35. The number of hydrogen-bond donors (Lipinski definition) is 0. The molecule has 0 radical (unpaired) electrons. The molecule has 172 valence electrons. The van der Waals surface area contributed by atoms with E-state index in [9.17, 15) is 4.79 Å². The van der Waals surface area contributed by atoms with Gasteiger partial charge in [-0.15, -0.1) is 0 Å². The topological polar surface area (TPSA) is 80.7 Å². The Morgan fingerprint density at radius 1 is 0.853 bits per heavy atom. The fourth-order valence-electron chi connectivity index (χ4n) is 4.23. The molecular formula is C26H25N5O3. The molecular weight excluding hydrogens is 430 g/mol. The van der Waals surface area contributed by atoms with Crippen LogP contribution in [0.1, 0.15) is 10.4 Å². The van der Waals surface area contributed by atoms with Gasteiger partial charge in [-0.2, -0.15) is 0 Å². The summed E-state index contributed by atoms with van der Waals surface area (Å²) in [5, 5.41) is 0.838. The summed E-state index contributed by atoms with van der Waals surface area (Å²) in [7, 11) is 3.21. The van der Waals surface area contributed by atoms with Gasteiger partial charge >= 0.3 is 0 Å². The molecule has 0 N–H and O–H groups in total. The number of fused-ring (bicyclic) bond motifs is 1. The Bertz CT molecular complexity index is 1320. The van der Waals surface area contributed by atoms with E-state index in [0.29, 0.717) is 54.9 Å². The summed E-state index contributed by atoms with van der Waals surface area (Å²) in [6, 6.07) is 17.1. The fourth-order valence-corrected chi connectivity index (χ4v) is 4.23. The highest BCUT2D eigenvalue weighted by atomic mass is 16.5. The first-order chi connectivity index (χ1) is 16.7. The summed E-state index contributed by atoms with van der Waals surface area (Å²) in [6.45, 7) is 2.56. The third-order valence-electron chi connectivity index (χ3n) is 6.03. The van der Waals surface area contributed by atoms with Crippen molar-refractivity contribution < 1.29 is 14.3 Å². The number of carbonyl (C=O) groups is 1. The number of nitrogens with zero attached hydrogens (tertiary/aromatic N) is 5. The van der Waals surface area contributed by atoms with Gasteiger partial charge in [0.1, 0.15) is 0 Å². The predicted octanol–water partition coefficient (Wildman–Crippen LogP) is 3.67. The second-order valence-corrected chi connectivity index (χ2v) is 7.97. The van der Waals surface area contributed by atoms with Crippen LogP contribution in [0.5, 0.6) is 11.5 Å². The van der Waals surface area contributed by atoms with Crippen molar-refractivity contribution in [2.24, 2.45) is 0 Å². The first kappa shape index (κ1) is 21.6. The van der Waals surface area contributed by atoms with Crippen molar-refractivity contribution in [2.75, 3.05) is 45.3 Å². The lowest BCUT2D eigenvalue weighted by Crippen LogP contribution is -2.49. The van der Waals surface area contributed by atoms with Crippen LogP contribution in [0, 0.1) is 0 Å². The van der Waals surface area contributed by atoms with Crippen LogP contribution in [0.2, 0.25) is 0 Å². The number of carbonyl (C=O) groups excluding carboxylic acids is 1. The molecule has 0 saturated carbocycles. The molecule has 1 amide bonds. The Balaban J connectivity index is 1.47. The average Bonchev–Trinajstić information content (AvgIpc) is 2.92. The summed E-state index contributed by atoms with van der Waals surface area (Å²) < 4.78 is 10.8. The third kappa shape index (κ3) is 4.10. The largest absolute Gasteiger partial charge is 0.493 e. The Morgan fingerprint density at radius 3 is 2.32 bits per heavy atom. The van der Waals surface area contributed by atoms with E-state index < -0.39 is 0 Å². The summed E-state index contributed by atoms with van der Waals surface area (Å²) in [4.78, 5) is 31.1. The number of aromatic nitrogens is 3. The molecule has 34 heavy (non-hydrogen) atoms. The molecule has 0 aliphatic carbocycles. The fraction of sp³-hybridized carbons (Fsp3) is 0.231. The predicted molar refractivity (Wildman–Crippen MR) is 130 cm³/mol. The molecule has 4 aromatic rings. The Morgan fingerprint density at radius 2 is 1.59 bits per heavy atom. The number of hydrogen-bond acceptors (Lipinski definition) is 7.